The first kappa shape index (κ1) is 19.3. The lowest BCUT2D eigenvalue weighted by Crippen LogP contribution is -2.40. The Kier molecular flexibility index (Phi) is 5.83. The number of carbonyl (C=O) groups excluding carboxylic acids is 1. The number of carboxylic acid groups (broad SMARTS) is 1. The standard InChI is InChI=1S/C17H17NO7S/c1-11(25-12-7-8-14(17(21)22)15(19)9-12)18-16(20)10-26(23,24)13-5-3-2-4-6-13/h2-9,11,19H,10H2,1H3,(H,18,20)(H,21,22). The molecule has 0 aliphatic carbocycles. The quantitative estimate of drug-likeness (QED) is 0.620. The highest BCUT2D eigenvalue weighted by Crippen LogP contribution is 2.24. The van der Waals surface area contributed by atoms with E-state index in [1.807, 2.05) is 0 Å². The number of benzene rings is 2. The molecule has 0 radical (unpaired) electrons. The molecule has 0 bridgehead atoms. The van der Waals surface area contributed by atoms with Gasteiger partial charge in [0.2, 0.25) is 5.91 Å². The van der Waals surface area contributed by atoms with Crippen molar-refractivity contribution < 1.29 is 33.0 Å². The summed E-state index contributed by atoms with van der Waals surface area (Å²) >= 11 is 0. The monoisotopic (exact) mass is 379 g/mol. The molecule has 26 heavy (non-hydrogen) atoms. The summed E-state index contributed by atoms with van der Waals surface area (Å²) in [5.41, 5.74) is -0.289. The van der Waals surface area contributed by atoms with Crippen LogP contribution in [-0.4, -0.2) is 42.5 Å². The predicted molar refractivity (Wildman–Crippen MR) is 91.8 cm³/mol. The Morgan fingerprint density at radius 3 is 2.38 bits per heavy atom. The SMILES string of the molecule is CC(NC(=O)CS(=O)(=O)c1ccccc1)Oc1ccc(C(=O)O)c(O)c1. The molecule has 9 heteroatoms. The molecular formula is C17H17NO7S. The van der Waals surface area contributed by atoms with Crippen LogP contribution in [0.4, 0.5) is 0 Å². The van der Waals surface area contributed by atoms with Crippen molar-refractivity contribution in [2.45, 2.75) is 18.0 Å². The summed E-state index contributed by atoms with van der Waals surface area (Å²) in [5, 5.41) is 20.8. The van der Waals surface area contributed by atoms with E-state index in [0.717, 1.165) is 12.1 Å². The summed E-state index contributed by atoms with van der Waals surface area (Å²) in [5.74, 6) is -3.16. The van der Waals surface area contributed by atoms with Crippen molar-refractivity contribution in [2.75, 3.05) is 5.75 Å². The Morgan fingerprint density at radius 1 is 1.15 bits per heavy atom. The van der Waals surface area contributed by atoms with Crippen LogP contribution in [-0.2, 0) is 14.6 Å². The summed E-state index contributed by atoms with van der Waals surface area (Å²) in [4.78, 5) is 22.8. The van der Waals surface area contributed by atoms with Crippen molar-refractivity contribution in [3.8, 4) is 11.5 Å². The van der Waals surface area contributed by atoms with E-state index in [0.29, 0.717) is 0 Å². The van der Waals surface area contributed by atoms with Crippen molar-refractivity contribution in [3.05, 3.63) is 54.1 Å². The van der Waals surface area contributed by atoms with Crippen LogP contribution in [0.15, 0.2) is 53.4 Å². The van der Waals surface area contributed by atoms with Gasteiger partial charge in [-0.15, -0.1) is 0 Å². The third kappa shape index (κ3) is 4.96. The maximum atomic E-state index is 12.1. The molecule has 0 aromatic heterocycles. The smallest absolute Gasteiger partial charge is 0.339 e. The molecule has 1 atom stereocenters. The molecular weight excluding hydrogens is 362 g/mol. The van der Waals surface area contributed by atoms with Gasteiger partial charge in [-0.2, -0.15) is 0 Å². The molecule has 2 rings (SSSR count). The van der Waals surface area contributed by atoms with E-state index < -0.39 is 39.4 Å². The molecule has 3 N–H and O–H groups in total. The third-order valence-electron chi connectivity index (χ3n) is 3.30. The highest BCUT2D eigenvalue weighted by molar-refractivity contribution is 7.92. The summed E-state index contributed by atoms with van der Waals surface area (Å²) in [7, 11) is -3.77. The van der Waals surface area contributed by atoms with Crippen molar-refractivity contribution in [3.63, 3.8) is 0 Å². The van der Waals surface area contributed by atoms with Gasteiger partial charge < -0.3 is 20.3 Å². The molecule has 2 aromatic carbocycles. The second-order valence-corrected chi connectivity index (χ2v) is 7.37. The number of aromatic carboxylic acids is 1. The van der Waals surface area contributed by atoms with Crippen LogP contribution < -0.4 is 10.1 Å². The summed E-state index contributed by atoms with van der Waals surface area (Å²) in [6.07, 6.45) is -0.899. The van der Waals surface area contributed by atoms with Gasteiger partial charge in [-0.3, -0.25) is 4.79 Å². The average molecular weight is 379 g/mol. The number of hydrogen-bond donors (Lipinski definition) is 3. The number of nitrogens with one attached hydrogen (secondary N) is 1. The zero-order chi connectivity index (χ0) is 19.3. The maximum Gasteiger partial charge on any atom is 0.339 e. The molecule has 0 fully saturated rings. The number of aromatic hydroxyl groups is 1. The van der Waals surface area contributed by atoms with Crippen LogP contribution in [0.2, 0.25) is 0 Å². The predicted octanol–water partition coefficient (Wildman–Crippen LogP) is 1.41. The zero-order valence-corrected chi connectivity index (χ0v) is 14.6. The van der Waals surface area contributed by atoms with Gasteiger partial charge in [0.25, 0.3) is 0 Å². The molecule has 1 amide bonds. The van der Waals surface area contributed by atoms with E-state index in [4.69, 9.17) is 9.84 Å². The lowest BCUT2D eigenvalue weighted by atomic mass is 10.2. The Bertz CT molecular complexity index is 910. The van der Waals surface area contributed by atoms with Crippen LogP contribution in [0.3, 0.4) is 0 Å². The van der Waals surface area contributed by atoms with E-state index in [1.165, 1.54) is 25.1 Å². The van der Waals surface area contributed by atoms with Gasteiger partial charge in [0.05, 0.1) is 4.90 Å². The van der Waals surface area contributed by atoms with Crippen molar-refractivity contribution >= 4 is 21.7 Å². The summed E-state index contributed by atoms with van der Waals surface area (Å²) in [6, 6.07) is 11.1. The van der Waals surface area contributed by atoms with E-state index in [-0.39, 0.29) is 16.2 Å². The fourth-order valence-corrected chi connectivity index (χ4v) is 3.32. The Balaban J connectivity index is 1.97. The minimum atomic E-state index is -3.77. The van der Waals surface area contributed by atoms with Gasteiger partial charge in [-0.05, 0) is 31.2 Å². The average Bonchev–Trinajstić information content (AvgIpc) is 2.54. The van der Waals surface area contributed by atoms with E-state index >= 15 is 0 Å². The first-order valence-corrected chi connectivity index (χ1v) is 9.14. The second-order valence-electron chi connectivity index (χ2n) is 5.38. The number of sulfone groups is 1. The molecule has 1 unspecified atom stereocenters. The molecule has 0 saturated carbocycles. The first-order valence-electron chi connectivity index (χ1n) is 7.49. The molecule has 138 valence electrons. The molecule has 0 spiro atoms. The van der Waals surface area contributed by atoms with Crippen LogP contribution in [0.5, 0.6) is 11.5 Å². The Labute approximate surface area is 150 Å². The molecule has 0 aliphatic heterocycles. The number of carboxylic acids is 1. The Hall–Kier alpha value is -3.07. The van der Waals surface area contributed by atoms with Crippen LogP contribution in [0.25, 0.3) is 0 Å². The van der Waals surface area contributed by atoms with Gasteiger partial charge in [0.1, 0.15) is 22.8 Å². The molecule has 0 aliphatic rings. The number of rotatable bonds is 7. The Morgan fingerprint density at radius 2 is 1.81 bits per heavy atom. The fourth-order valence-electron chi connectivity index (χ4n) is 2.15. The zero-order valence-electron chi connectivity index (χ0n) is 13.7. The van der Waals surface area contributed by atoms with Crippen molar-refractivity contribution in [1.82, 2.24) is 5.32 Å². The van der Waals surface area contributed by atoms with Gasteiger partial charge in [0.15, 0.2) is 16.1 Å². The lowest BCUT2D eigenvalue weighted by Gasteiger charge is -2.16. The fraction of sp³-hybridized carbons (Fsp3) is 0.176. The lowest BCUT2D eigenvalue weighted by molar-refractivity contribution is -0.120. The van der Waals surface area contributed by atoms with Gasteiger partial charge in [-0.25, -0.2) is 13.2 Å². The normalized spacial score (nSPS) is 12.2. The minimum Gasteiger partial charge on any atom is -0.507 e. The van der Waals surface area contributed by atoms with E-state index in [9.17, 15) is 23.1 Å². The van der Waals surface area contributed by atoms with Gasteiger partial charge >= 0.3 is 5.97 Å². The third-order valence-corrected chi connectivity index (χ3v) is 4.93. The van der Waals surface area contributed by atoms with E-state index in [1.54, 1.807) is 18.2 Å². The number of hydrogen-bond acceptors (Lipinski definition) is 6. The molecule has 0 heterocycles. The maximum absolute atomic E-state index is 12.1. The van der Waals surface area contributed by atoms with Gasteiger partial charge in [0, 0.05) is 6.07 Å². The topological polar surface area (TPSA) is 130 Å². The summed E-state index contributed by atoms with van der Waals surface area (Å²) < 4.78 is 29.6. The molecule has 0 saturated heterocycles. The van der Waals surface area contributed by atoms with Crippen LogP contribution >= 0.6 is 0 Å². The molecule has 2 aromatic rings. The van der Waals surface area contributed by atoms with Gasteiger partial charge in [-0.1, -0.05) is 18.2 Å². The summed E-state index contributed by atoms with van der Waals surface area (Å²) in [6.45, 7) is 1.47. The molecule has 8 nitrogen and oxygen atoms in total. The highest BCUT2D eigenvalue weighted by atomic mass is 32.2. The number of carbonyl (C=O) groups is 2. The number of amides is 1. The van der Waals surface area contributed by atoms with Crippen LogP contribution in [0, 0.1) is 0 Å². The van der Waals surface area contributed by atoms with Crippen molar-refractivity contribution in [2.24, 2.45) is 0 Å². The highest BCUT2D eigenvalue weighted by Gasteiger charge is 2.20. The largest absolute Gasteiger partial charge is 0.507 e. The van der Waals surface area contributed by atoms with Crippen LogP contribution in [0.1, 0.15) is 17.3 Å². The second kappa shape index (κ2) is 7.87. The number of phenols is 1. The first-order chi connectivity index (χ1) is 12.2. The number of ether oxygens (including phenoxy) is 1. The van der Waals surface area contributed by atoms with E-state index in [2.05, 4.69) is 5.32 Å². The van der Waals surface area contributed by atoms with Crippen molar-refractivity contribution in [1.29, 1.82) is 0 Å². The minimum absolute atomic E-state index is 0.0397.